The molecule has 3 heteroatoms. The first-order chi connectivity index (χ1) is 9.21. The van der Waals surface area contributed by atoms with Gasteiger partial charge in [-0.15, -0.1) is 0 Å². The van der Waals surface area contributed by atoms with E-state index in [2.05, 4.69) is 24.4 Å². The lowest BCUT2D eigenvalue weighted by Gasteiger charge is -2.27. The predicted octanol–water partition coefficient (Wildman–Crippen LogP) is 3.40. The zero-order chi connectivity index (χ0) is 13.8. The molecule has 3 unspecified atom stereocenters. The summed E-state index contributed by atoms with van der Waals surface area (Å²) >= 11 is 0. The van der Waals surface area contributed by atoms with Crippen molar-refractivity contribution in [2.45, 2.75) is 32.2 Å². The number of rotatable bonds is 5. The lowest BCUT2D eigenvalue weighted by atomic mass is 9.86. The Labute approximate surface area is 116 Å². The Balaban J connectivity index is 2.27. The minimum atomic E-state index is 0.400. The van der Waals surface area contributed by atoms with E-state index in [-0.39, 0.29) is 0 Å². The lowest BCUT2D eigenvalue weighted by molar-refractivity contribution is 0.312. The van der Waals surface area contributed by atoms with Crippen molar-refractivity contribution in [2.24, 2.45) is 11.8 Å². The maximum absolute atomic E-state index is 5.41. The van der Waals surface area contributed by atoms with Gasteiger partial charge >= 0.3 is 0 Å². The third-order valence-corrected chi connectivity index (χ3v) is 4.43. The molecule has 1 aromatic rings. The fraction of sp³-hybridized carbons (Fsp3) is 0.625. The molecule has 1 aromatic carbocycles. The van der Waals surface area contributed by atoms with Crippen molar-refractivity contribution in [3.05, 3.63) is 23.8 Å². The van der Waals surface area contributed by atoms with Gasteiger partial charge in [0.25, 0.3) is 0 Å². The second-order valence-corrected chi connectivity index (χ2v) is 5.45. The third kappa shape index (κ3) is 2.86. The van der Waals surface area contributed by atoms with E-state index in [1.165, 1.54) is 24.8 Å². The fourth-order valence-electron chi connectivity index (χ4n) is 3.34. The SMILES string of the molecule is CNC(c1ccc(OC)c(OC)c1)C1CCCC1C. The molecule has 2 rings (SSSR count). The van der Waals surface area contributed by atoms with E-state index in [9.17, 15) is 0 Å². The summed E-state index contributed by atoms with van der Waals surface area (Å²) in [7, 11) is 5.41. The van der Waals surface area contributed by atoms with Crippen LogP contribution in [0.3, 0.4) is 0 Å². The Morgan fingerprint density at radius 2 is 1.89 bits per heavy atom. The van der Waals surface area contributed by atoms with Crippen molar-refractivity contribution in [1.29, 1.82) is 0 Å². The Hall–Kier alpha value is -1.22. The van der Waals surface area contributed by atoms with Gasteiger partial charge in [-0.3, -0.25) is 0 Å². The average Bonchev–Trinajstić information content (AvgIpc) is 2.86. The largest absolute Gasteiger partial charge is 0.493 e. The van der Waals surface area contributed by atoms with Crippen LogP contribution in [-0.4, -0.2) is 21.3 Å². The van der Waals surface area contributed by atoms with Gasteiger partial charge in [-0.25, -0.2) is 0 Å². The molecule has 1 saturated carbocycles. The van der Waals surface area contributed by atoms with Gasteiger partial charge in [0.1, 0.15) is 0 Å². The monoisotopic (exact) mass is 263 g/mol. The highest BCUT2D eigenvalue weighted by atomic mass is 16.5. The van der Waals surface area contributed by atoms with Crippen LogP contribution in [-0.2, 0) is 0 Å². The van der Waals surface area contributed by atoms with Gasteiger partial charge in [0.15, 0.2) is 11.5 Å². The first kappa shape index (κ1) is 14.2. The Morgan fingerprint density at radius 1 is 1.16 bits per heavy atom. The summed E-state index contributed by atoms with van der Waals surface area (Å²) in [6.07, 6.45) is 3.99. The predicted molar refractivity (Wildman–Crippen MR) is 77.9 cm³/mol. The highest BCUT2D eigenvalue weighted by Crippen LogP contribution is 2.41. The van der Waals surface area contributed by atoms with Crippen LogP contribution >= 0.6 is 0 Å². The van der Waals surface area contributed by atoms with Crippen LogP contribution in [0.1, 0.15) is 37.8 Å². The van der Waals surface area contributed by atoms with Crippen LogP contribution in [0.25, 0.3) is 0 Å². The summed E-state index contributed by atoms with van der Waals surface area (Å²) in [6.45, 7) is 2.36. The molecule has 1 fully saturated rings. The van der Waals surface area contributed by atoms with Gasteiger partial charge in [-0.1, -0.05) is 25.8 Å². The maximum Gasteiger partial charge on any atom is 0.161 e. The molecular weight excluding hydrogens is 238 g/mol. The zero-order valence-electron chi connectivity index (χ0n) is 12.4. The van der Waals surface area contributed by atoms with Gasteiger partial charge in [-0.2, -0.15) is 0 Å². The van der Waals surface area contributed by atoms with Crippen molar-refractivity contribution in [1.82, 2.24) is 5.32 Å². The number of ether oxygens (including phenoxy) is 2. The van der Waals surface area contributed by atoms with Crippen molar-refractivity contribution < 1.29 is 9.47 Å². The molecule has 0 heterocycles. The molecule has 0 amide bonds. The van der Waals surface area contributed by atoms with E-state index in [4.69, 9.17) is 9.47 Å². The Bertz CT molecular complexity index is 419. The molecular formula is C16H25NO2. The van der Waals surface area contributed by atoms with Crippen LogP contribution in [0.15, 0.2) is 18.2 Å². The molecule has 1 aliphatic carbocycles. The van der Waals surface area contributed by atoms with Gasteiger partial charge in [0, 0.05) is 6.04 Å². The molecule has 0 saturated heterocycles. The van der Waals surface area contributed by atoms with Crippen LogP contribution in [0.4, 0.5) is 0 Å². The zero-order valence-corrected chi connectivity index (χ0v) is 12.4. The first-order valence-electron chi connectivity index (χ1n) is 7.10. The molecule has 106 valence electrons. The van der Waals surface area contributed by atoms with Gasteiger partial charge in [0.05, 0.1) is 14.2 Å². The number of hydrogen-bond donors (Lipinski definition) is 1. The van der Waals surface area contributed by atoms with Gasteiger partial charge in [0.2, 0.25) is 0 Å². The third-order valence-electron chi connectivity index (χ3n) is 4.43. The summed E-state index contributed by atoms with van der Waals surface area (Å²) in [5.74, 6) is 3.10. The summed E-state index contributed by atoms with van der Waals surface area (Å²) in [5, 5.41) is 3.48. The van der Waals surface area contributed by atoms with Gasteiger partial charge < -0.3 is 14.8 Å². The van der Waals surface area contributed by atoms with Crippen LogP contribution in [0.2, 0.25) is 0 Å². The highest BCUT2D eigenvalue weighted by molar-refractivity contribution is 5.44. The van der Waals surface area contributed by atoms with E-state index in [0.717, 1.165) is 17.4 Å². The fourth-order valence-corrected chi connectivity index (χ4v) is 3.34. The Kier molecular flexibility index (Phi) is 4.70. The molecule has 0 aromatic heterocycles. The standard InChI is InChI=1S/C16H25NO2/c1-11-6-5-7-13(11)16(17-2)12-8-9-14(18-3)15(10-12)19-4/h8-11,13,16-17H,5-7H2,1-4H3. The smallest absolute Gasteiger partial charge is 0.161 e. The molecule has 1 aliphatic rings. The van der Waals surface area contributed by atoms with Crippen molar-refractivity contribution >= 4 is 0 Å². The first-order valence-corrected chi connectivity index (χ1v) is 7.10. The summed E-state index contributed by atoms with van der Waals surface area (Å²) in [4.78, 5) is 0. The van der Waals surface area contributed by atoms with E-state index < -0.39 is 0 Å². The second-order valence-electron chi connectivity index (χ2n) is 5.45. The molecule has 19 heavy (non-hydrogen) atoms. The lowest BCUT2D eigenvalue weighted by Crippen LogP contribution is -2.26. The number of methoxy groups -OCH3 is 2. The molecule has 3 nitrogen and oxygen atoms in total. The normalized spacial score (nSPS) is 24.2. The molecule has 0 aliphatic heterocycles. The molecule has 0 spiro atoms. The van der Waals surface area contributed by atoms with Crippen LogP contribution < -0.4 is 14.8 Å². The number of nitrogens with one attached hydrogen (secondary N) is 1. The molecule has 0 radical (unpaired) electrons. The Morgan fingerprint density at radius 3 is 2.42 bits per heavy atom. The minimum Gasteiger partial charge on any atom is -0.493 e. The molecule has 3 atom stereocenters. The van der Waals surface area contributed by atoms with Crippen molar-refractivity contribution in [3.63, 3.8) is 0 Å². The number of benzene rings is 1. The van der Waals surface area contributed by atoms with Crippen LogP contribution in [0.5, 0.6) is 11.5 Å². The van der Waals surface area contributed by atoms with E-state index in [1.54, 1.807) is 14.2 Å². The number of hydrogen-bond acceptors (Lipinski definition) is 3. The van der Waals surface area contributed by atoms with Gasteiger partial charge in [-0.05, 0) is 43.0 Å². The minimum absolute atomic E-state index is 0.400. The van der Waals surface area contributed by atoms with E-state index in [1.807, 2.05) is 13.1 Å². The highest BCUT2D eigenvalue weighted by Gasteiger charge is 2.31. The quantitative estimate of drug-likeness (QED) is 0.883. The van der Waals surface area contributed by atoms with E-state index >= 15 is 0 Å². The summed E-state index contributed by atoms with van der Waals surface area (Å²) in [6, 6.07) is 6.65. The topological polar surface area (TPSA) is 30.5 Å². The summed E-state index contributed by atoms with van der Waals surface area (Å²) < 4.78 is 10.7. The average molecular weight is 263 g/mol. The molecule has 1 N–H and O–H groups in total. The van der Waals surface area contributed by atoms with E-state index in [0.29, 0.717) is 12.0 Å². The van der Waals surface area contributed by atoms with Crippen molar-refractivity contribution in [2.75, 3.05) is 21.3 Å². The maximum atomic E-state index is 5.41. The molecule has 0 bridgehead atoms. The van der Waals surface area contributed by atoms with Crippen LogP contribution in [0, 0.1) is 11.8 Å². The second kappa shape index (κ2) is 6.29. The van der Waals surface area contributed by atoms with Crippen molar-refractivity contribution in [3.8, 4) is 11.5 Å². The summed E-state index contributed by atoms with van der Waals surface area (Å²) in [5.41, 5.74) is 1.29.